The lowest BCUT2D eigenvalue weighted by atomic mass is 9.84. The molecule has 2 unspecified atom stereocenters. The van der Waals surface area contributed by atoms with Gasteiger partial charge < -0.3 is 5.32 Å². The number of benzene rings is 2. The SMILES string of the molecule is CCC(C)(NC(=O)C1C=CCc2ccccc21)c1ccc(Cl)cc1. The zero-order valence-electron chi connectivity index (χ0n) is 14.1. The molecule has 0 saturated carbocycles. The van der Waals surface area contributed by atoms with Gasteiger partial charge in [0, 0.05) is 5.02 Å². The van der Waals surface area contributed by atoms with E-state index >= 15 is 0 Å². The molecule has 2 atom stereocenters. The van der Waals surface area contributed by atoms with Crippen molar-refractivity contribution in [2.75, 3.05) is 0 Å². The third-order valence-corrected chi connectivity index (χ3v) is 5.18. The van der Waals surface area contributed by atoms with Gasteiger partial charge in [0.1, 0.15) is 0 Å². The normalized spacial score (nSPS) is 18.5. The lowest BCUT2D eigenvalue weighted by molar-refractivity contribution is -0.123. The summed E-state index contributed by atoms with van der Waals surface area (Å²) in [5, 5.41) is 3.96. The molecule has 0 spiro atoms. The van der Waals surface area contributed by atoms with Gasteiger partial charge in [0.05, 0.1) is 11.5 Å². The van der Waals surface area contributed by atoms with Gasteiger partial charge in [0.15, 0.2) is 0 Å². The maximum absolute atomic E-state index is 13.0. The fourth-order valence-electron chi connectivity index (χ4n) is 3.22. The molecule has 0 saturated heterocycles. The molecule has 2 aromatic carbocycles. The van der Waals surface area contributed by atoms with Crippen LogP contribution < -0.4 is 5.32 Å². The van der Waals surface area contributed by atoms with E-state index in [1.165, 1.54) is 5.56 Å². The topological polar surface area (TPSA) is 29.1 Å². The van der Waals surface area contributed by atoms with Gasteiger partial charge >= 0.3 is 0 Å². The second kappa shape index (κ2) is 6.82. The number of halogens is 1. The highest BCUT2D eigenvalue weighted by Gasteiger charge is 2.31. The van der Waals surface area contributed by atoms with E-state index in [9.17, 15) is 4.79 Å². The standard InChI is InChI=1S/C21H22ClNO/c1-3-21(2,16-11-13-17(22)14-12-16)23-20(24)19-10-6-8-15-7-4-5-9-18(15)19/h4-7,9-14,19H,3,8H2,1-2H3,(H,23,24). The number of carbonyl (C=O) groups excluding carboxylic acids is 1. The first-order chi connectivity index (χ1) is 11.5. The number of allylic oxidation sites excluding steroid dienone is 1. The molecule has 3 rings (SSSR count). The second-order valence-corrected chi connectivity index (χ2v) is 6.93. The lowest BCUT2D eigenvalue weighted by Gasteiger charge is -2.32. The highest BCUT2D eigenvalue weighted by Crippen LogP contribution is 2.30. The fraction of sp³-hybridized carbons (Fsp3) is 0.286. The smallest absolute Gasteiger partial charge is 0.232 e. The van der Waals surface area contributed by atoms with Crippen molar-refractivity contribution >= 4 is 17.5 Å². The highest BCUT2D eigenvalue weighted by molar-refractivity contribution is 6.30. The van der Waals surface area contributed by atoms with Crippen molar-refractivity contribution in [3.8, 4) is 0 Å². The monoisotopic (exact) mass is 339 g/mol. The molecular weight excluding hydrogens is 318 g/mol. The number of carbonyl (C=O) groups is 1. The summed E-state index contributed by atoms with van der Waals surface area (Å²) < 4.78 is 0. The summed E-state index contributed by atoms with van der Waals surface area (Å²) in [5.74, 6) is -0.189. The van der Waals surface area contributed by atoms with E-state index in [1.807, 2.05) is 42.5 Å². The summed E-state index contributed by atoms with van der Waals surface area (Å²) in [6.07, 6.45) is 5.79. The molecule has 1 aliphatic carbocycles. The average Bonchev–Trinajstić information content (AvgIpc) is 2.61. The van der Waals surface area contributed by atoms with Gasteiger partial charge in [0.25, 0.3) is 0 Å². The summed E-state index contributed by atoms with van der Waals surface area (Å²) in [6, 6.07) is 15.9. The third-order valence-electron chi connectivity index (χ3n) is 4.93. The van der Waals surface area contributed by atoms with Crippen molar-refractivity contribution in [1.82, 2.24) is 5.32 Å². The number of hydrogen-bond donors (Lipinski definition) is 1. The van der Waals surface area contributed by atoms with Crippen LogP contribution >= 0.6 is 11.6 Å². The van der Waals surface area contributed by atoms with Crippen molar-refractivity contribution in [2.45, 2.75) is 38.1 Å². The van der Waals surface area contributed by atoms with Crippen LogP contribution in [0.5, 0.6) is 0 Å². The van der Waals surface area contributed by atoms with Crippen LogP contribution in [0.4, 0.5) is 0 Å². The van der Waals surface area contributed by atoms with Crippen LogP contribution in [0, 0.1) is 0 Å². The van der Waals surface area contributed by atoms with Crippen LogP contribution in [0.15, 0.2) is 60.7 Å². The van der Waals surface area contributed by atoms with Gasteiger partial charge in [-0.25, -0.2) is 0 Å². The van der Waals surface area contributed by atoms with Crippen molar-refractivity contribution in [3.63, 3.8) is 0 Å². The first kappa shape index (κ1) is 16.8. The zero-order valence-corrected chi connectivity index (χ0v) is 14.8. The average molecular weight is 340 g/mol. The van der Waals surface area contributed by atoms with Gasteiger partial charge in [-0.3, -0.25) is 4.79 Å². The molecule has 0 fully saturated rings. The van der Waals surface area contributed by atoms with E-state index < -0.39 is 5.54 Å². The Balaban J connectivity index is 1.86. The molecule has 0 bridgehead atoms. The van der Waals surface area contributed by atoms with Crippen LogP contribution in [0.3, 0.4) is 0 Å². The van der Waals surface area contributed by atoms with E-state index in [0.717, 1.165) is 24.0 Å². The van der Waals surface area contributed by atoms with Gasteiger partial charge in [0.2, 0.25) is 5.91 Å². The summed E-state index contributed by atoms with van der Waals surface area (Å²) in [7, 11) is 0. The molecule has 2 aromatic rings. The molecular formula is C21H22ClNO. The molecule has 24 heavy (non-hydrogen) atoms. The quantitative estimate of drug-likeness (QED) is 0.782. The van der Waals surface area contributed by atoms with Crippen LogP contribution in [0.25, 0.3) is 0 Å². The molecule has 0 radical (unpaired) electrons. The summed E-state index contributed by atoms with van der Waals surface area (Å²) in [6.45, 7) is 4.14. The van der Waals surface area contributed by atoms with Crippen molar-refractivity contribution in [2.24, 2.45) is 0 Å². The second-order valence-electron chi connectivity index (χ2n) is 6.49. The predicted octanol–water partition coefficient (Wildman–Crippen LogP) is 4.98. The van der Waals surface area contributed by atoms with Crippen molar-refractivity contribution in [1.29, 1.82) is 0 Å². The molecule has 0 aliphatic heterocycles. The summed E-state index contributed by atoms with van der Waals surface area (Å²) in [5.41, 5.74) is 2.98. The molecule has 2 nitrogen and oxygen atoms in total. The zero-order chi connectivity index (χ0) is 17.2. The molecule has 1 amide bonds. The minimum absolute atomic E-state index is 0.0395. The van der Waals surface area contributed by atoms with Crippen LogP contribution in [-0.2, 0) is 16.8 Å². The molecule has 1 N–H and O–H groups in total. The molecule has 124 valence electrons. The Morgan fingerprint density at radius 2 is 1.92 bits per heavy atom. The number of fused-ring (bicyclic) bond motifs is 1. The molecule has 0 aromatic heterocycles. The van der Waals surface area contributed by atoms with E-state index in [0.29, 0.717) is 5.02 Å². The molecule has 0 heterocycles. The van der Waals surface area contributed by atoms with Crippen LogP contribution in [-0.4, -0.2) is 5.91 Å². The Morgan fingerprint density at radius 3 is 2.62 bits per heavy atom. The van der Waals surface area contributed by atoms with E-state index in [2.05, 4.69) is 37.4 Å². The van der Waals surface area contributed by atoms with Gasteiger partial charge in [-0.1, -0.05) is 67.1 Å². The first-order valence-corrected chi connectivity index (χ1v) is 8.74. The van der Waals surface area contributed by atoms with Crippen molar-refractivity contribution < 1.29 is 4.79 Å². The first-order valence-electron chi connectivity index (χ1n) is 8.36. The minimum atomic E-state index is -0.415. The number of amides is 1. The number of rotatable bonds is 4. The predicted molar refractivity (Wildman–Crippen MR) is 99.3 cm³/mol. The molecule has 3 heteroatoms. The van der Waals surface area contributed by atoms with E-state index in [4.69, 9.17) is 11.6 Å². The van der Waals surface area contributed by atoms with Crippen LogP contribution in [0.2, 0.25) is 5.02 Å². The fourth-order valence-corrected chi connectivity index (χ4v) is 3.34. The van der Waals surface area contributed by atoms with Crippen molar-refractivity contribution in [3.05, 3.63) is 82.4 Å². The van der Waals surface area contributed by atoms with Gasteiger partial charge in [-0.2, -0.15) is 0 Å². The largest absolute Gasteiger partial charge is 0.346 e. The summed E-state index contributed by atoms with van der Waals surface area (Å²) in [4.78, 5) is 13.0. The highest BCUT2D eigenvalue weighted by atomic mass is 35.5. The maximum atomic E-state index is 13.0. The van der Waals surface area contributed by atoms with Crippen LogP contribution in [0.1, 0.15) is 42.9 Å². The van der Waals surface area contributed by atoms with E-state index in [1.54, 1.807) is 0 Å². The number of hydrogen-bond acceptors (Lipinski definition) is 1. The Hall–Kier alpha value is -2.06. The molecule has 1 aliphatic rings. The van der Waals surface area contributed by atoms with Gasteiger partial charge in [-0.15, -0.1) is 0 Å². The Kier molecular flexibility index (Phi) is 4.77. The Labute approximate surface area is 148 Å². The number of nitrogens with one attached hydrogen (secondary N) is 1. The third kappa shape index (κ3) is 3.25. The lowest BCUT2D eigenvalue weighted by Crippen LogP contribution is -2.45. The summed E-state index contributed by atoms with van der Waals surface area (Å²) >= 11 is 5.99. The Bertz CT molecular complexity index is 766. The van der Waals surface area contributed by atoms with E-state index in [-0.39, 0.29) is 11.8 Å². The Morgan fingerprint density at radius 1 is 1.21 bits per heavy atom. The minimum Gasteiger partial charge on any atom is -0.346 e. The maximum Gasteiger partial charge on any atom is 0.232 e. The van der Waals surface area contributed by atoms with Gasteiger partial charge in [-0.05, 0) is 48.6 Å².